The first-order valence-electron chi connectivity index (χ1n) is 7.69. The van der Waals surface area contributed by atoms with E-state index in [2.05, 4.69) is 0 Å². The number of sulfonamides is 1. The Morgan fingerprint density at radius 2 is 2.04 bits per heavy atom. The Morgan fingerprint density at radius 1 is 1.26 bits per heavy atom. The molecule has 6 nitrogen and oxygen atoms in total. The fraction of sp³-hybridized carbons (Fsp3) is 0.500. The second-order valence-corrected chi connectivity index (χ2v) is 8.13. The van der Waals surface area contributed by atoms with E-state index >= 15 is 0 Å². The number of nitrogens with zero attached hydrogens (tertiary/aromatic N) is 3. The zero-order valence-corrected chi connectivity index (χ0v) is 13.8. The van der Waals surface area contributed by atoms with Gasteiger partial charge in [-0.05, 0) is 37.0 Å². The van der Waals surface area contributed by atoms with Gasteiger partial charge in [0.05, 0.1) is 16.5 Å². The zero-order chi connectivity index (χ0) is 16.6. The van der Waals surface area contributed by atoms with Crippen LogP contribution in [0.4, 0.5) is 0 Å². The van der Waals surface area contributed by atoms with E-state index < -0.39 is 10.0 Å². The highest BCUT2D eigenvalue weighted by Gasteiger charge is 2.41. The lowest BCUT2D eigenvalue weighted by Crippen LogP contribution is -2.47. The maximum atomic E-state index is 13.0. The van der Waals surface area contributed by atoms with Gasteiger partial charge in [0, 0.05) is 32.6 Å². The number of hydrogen-bond donors (Lipinski definition) is 0. The Kier molecular flexibility index (Phi) is 4.13. The Hall–Kier alpha value is -1.91. The lowest BCUT2D eigenvalue weighted by Gasteiger charge is -2.34. The zero-order valence-electron chi connectivity index (χ0n) is 13.0. The number of nitriles is 1. The van der Waals surface area contributed by atoms with Gasteiger partial charge in [-0.3, -0.25) is 4.79 Å². The Balaban J connectivity index is 1.94. The van der Waals surface area contributed by atoms with Crippen LogP contribution in [0.5, 0.6) is 0 Å². The molecule has 122 valence electrons. The minimum atomic E-state index is -3.65. The van der Waals surface area contributed by atoms with Crippen LogP contribution in [0.1, 0.15) is 25.3 Å². The average Bonchev–Trinajstić information content (AvgIpc) is 2.87. The van der Waals surface area contributed by atoms with Crippen LogP contribution in [0, 0.1) is 17.2 Å². The lowest BCUT2D eigenvalue weighted by atomic mass is 9.97. The summed E-state index contributed by atoms with van der Waals surface area (Å²) < 4.78 is 27.5. The van der Waals surface area contributed by atoms with Crippen molar-refractivity contribution in [3.8, 4) is 6.07 Å². The second kappa shape index (κ2) is 5.95. The van der Waals surface area contributed by atoms with Crippen molar-refractivity contribution in [1.82, 2.24) is 9.21 Å². The molecule has 0 unspecified atom stereocenters. The molecule has 1 aromatic rings. The van der Waals surface area contributed by atoms with Gasteiger partial charge in [-0.15, -0.1) is 0 Å². The first-order chi connectivity index (χ1) is 10.9. The standard InChI is InChI=1S/C16H19N3O3S/c1-12(20)18-9-14-5-6-15(11-18)19(10-14)23(21,22)16-4-2-3-13(7-16)8-17/h2-4,7,14-15H,5-6,9-11H2,1H3/t14-,15+/m0/s1. The van der Waals surface area contributed by atoms with Crippen LogP contribution in [-0.4, -0.2) is 49.2 Å². The molecule has 0 aliphatic carbocycles. The molecule has 2 atom stereocenters. The topological polar surface area (TPSA) is 81.5 Å². The molecule has 0 saturated carbocycles. The molecule has 3 fully saturated rings. The highest BCUT2D eigenvalue weighted by molar-refractivity contribution is 7.89. The fourth-order valence-electron chi connectivity index (χ4n) is 3.45. The molecule has 1 amide bonds. The van der Waals surface area contributed by atoms with E-state index in [0.717, 1.165) is 12.8 Å². The van der Waals surface area contributed by atoms with Gasteiger partial charge in [0.25, 0.3) is 0 Å². The third kappa shape index (κ3) is 2.96. The number of benzene rings is 1. The molecular weight excluding hydrogens is 314 g/mol. The number of piperidine rings is 1. The van der Waals surface area contributed by atoms with Gasteiger partial charge in [-0.25, -0.2) is 8.42 Å². The fourth-order valence-corrected chi connectivity index (χ4v) is 5.22. The monoisotopic (exact) mass is 333 g/mol. The van der Waals surface area contributed by atoms with Crippen molar-refractivity contribution in [2.75, 3.05) is 19.6 Å². The van der Waals surface area contributed by atoms with Crippen LogP contribution in [0.15, 0.2) is 29.2 Å². The quantitative estimate of drug-likeness (QED) is 0.814. The summed E-state index contributed by atoms with van der Waals surface area (Å²) >= 11 is 0. The van der Waals surface area contributed by atoms with E-state index in [-0.39, 0.29) is 22.8 Å². The molecule has 2 bridgehead atoms. The van der Waals surface area contributed by atoms with Crippen LogP contribution in [0.25, 0.3) is 0 Å². The van der Waals surface area contributed by atoms with E-state index in [9.17, 15) is 13.2 Å². The summed E-state index contributed by atoms with van der Waals surface area (Å²) in [5.74, 6) is 0.166. The summed E-state index contributed by atoms with van der Waals surface area (Å²) in [6, 6.07) is 7.90. The van der Waals surface area contributed by atoms with Crippen molar-refractivity contribution in [2.45, 2.75) is 30.7 Å². The highest BCUT2D eigenvalue weighted by Crippen LogP contribution is 2.32. The van der Waals surface area contributed by atoms with E-state index in [4.69, 9.17) is 5.26 Å². The molecule has 3 heterocycles. The van der Waals surface area contributed by atoms with Crippen LogP contribution in [-0.2, 0) is 14.8 Å². The van der Waals surface area contributed by atoms with Crippen molar-refractivity contribution in [3.05, 3.63) is 29.8 Å². The van der Waals surface area contributed by atoms with E-state index in [0.29, 0.717) is 25.2 Å². The van der Waals surface area contributed by atoms with Gasteiger partial charge in [0.1, 0.15) is 0 Å². The van der Waals surface area contributed by atoms with Crippen LogP contribution < -0.4 is 0 Å². The van der Waals surface area contributed by atoms with E-state index in [1.54, 1.807) is 17.0 Å². The smallest absolute Gasteiger partial charge is 0.243 e. The molecule has 23 heavy (non-hydrogen) atoms. The van der Waals surface area contributed by atoms with Gasteiger partial charge < -0.3 is 4.90 Å². The molecule has 0 N–H and O–H groups in total. The number of fused-ring (bicyclic) bond motifs is 4. The third-order valence-corrected chi connectivity index (χ3v) is 6.59. The van der Waals surface area contributed by atoms with Gasteiger partial charge >= 0.3 is 0 Å². The van der Waals surface area contributed by atoms with E-state index in [1.165, 1.54) is 23.4 Å². The molecule has 3 aliphatic heterocycles. The summed E-state index contributed by atoms with van der Waals surface area (Å²) in [6.07, 6.45) is 1.71. The SMILES string of the molecule is CC(=O)N1C[C@@H]2CC[C@H](C1)N(S(=O)(=O)c1cccc(C#N)c1)C2. The Labute approximate surface area is 136 Å². The van der Waals surface area contributed by atoms with Crippen LogP contribution in [0.3, 0.4) is 0 Å². The number of hydrogen-bond acceptors (Lipinski definition) is 4. The maximum absolute atomic E-state index is 13.0. The number of carbonyl (C=O) groups is 1. The summed E-state index contributed by atoms with van der Waals surface area (Å²) in [4.78, 5) is 13.6. The number of carbonyl (C=O) groups excluding carboxylic acids is 1. The van der Waals surface area contributed by atoms with Crippen molar-refractivity contribution in [3.63, 3.8) is 0 Å². The van der Waals surface area contributed by atoms with Gasteiger partial charge in [0.2, 0.25) is 15.9 Å². The molecule has 4 rings (SSSR count). The number of rotatable bonds is 2. The van der Waals surface area contributed by atoms with Gasteiger partial charge in [0.15, 0.2) is 0 Å². The van der Waals surface area contributed by atoms with Crippen LogP contribution >= 0.6 is 0 Å². The van der Waals surface area contributed by atoms with Crippen LogP contribution in [0.2, 0.25) is 0 Å². The molecule has 3 saturated heterocycles. The predicted molar refractivity (Wildman–Crippen MR) is 83.8 cm³/mol. The molecular formula is C16H19N3O3S. The van der Waals surface area contributed by atoms with Crippen molar-refractivity contribution >= 4 is 15.9 Å². The summed E-state index contributed by atoms with van der Waals surface area (Å²) in [5, 5.41) is 8.98. The molecule has 3 aliphatic rings. The summed E-state index contributed by atoms with van der Waals surface area (Å²) in [6.45, 7) is 3.03. The van der Waals surface area contributed by atoms with Gasteiger partial charge in [-0.2, -0.15) is 9.57 Å². The van der Waals surface area contributed by atoms with E-state index in [1.807, 2.05) is 6.07 Å². The molecule has 0 spiro atoms. The third-order valence-electron chi connectivity index (χ3n) is 4.68. The minimum absolute atomic E-state index is 0.00683. The minimum Gasteiger partial charge on any atom is -0.341 e. The van der Waals surface area contributed by atoms with Gasteiger partial charge in [-0.1, -0.05) is 6.07 Å². The summed E-state index contributed by atoms with van der Waals surface area (Å²) in [7, 11) is -3.65. The lowest BCUT2D eigenvalue weighted by molar-refractivity contribution is -0.129. The average molecular weight is 333 g/mol. The second-order valence-electron chi connectivity index (χ2n) is 6.24. The molecule has 0 radical (unpaired) electrons. The summed E-state index contributed by atoms with van der Waals surface area (Å²) in [5.41, 5.74) is 0.330. The van der Waals surface area contributed by atoms with Crippen molar-refractivity contribution < 1.29 is 13.2 Å². The highest BCUT2D eigenvalue weighted by atomic mass is 32.2. The molecule has 0 aromatic heterocycles. The number of amides is 1. The van der Waals surface area contributed by atoms with Crippen molar-refractivity contribution in [2.24, 2.45) is 5.92 Å². The Bertz CT molecular complexity index is 769. The maximum Gasteiger partial charge on any atom is 0.243 e. The predicted octanol–water partition coefficient (Wildman–Crippen LogP) is 1.19. The largest absolute Gasteiger partial charge is 0.341 e. The molecule has 7 heteroatoms. The van der Waals surface area contributed by atoms with Crippen molar-refractivity contribution in [1.29, 1.82) is 5.26 Å². The first-order valence-corrected chi connectivity index (χ1v) is 9.13. The molecule has 1 aromatic carbocycles. The Morgan fingerprint density at radius 3 is 2.74 bits per heavy atom. The normalized spacial score (nSPS) is 25.0. The first kappa shape index (κ1) is 16.0.